The van der Waals surface area contributed by atoms with Crippen molar-refractivity contribution in [1.82, 2.24) is 5.32 Å². The van der Waals surface area contributed by atoms with Gasteiger partial charge in [0, 0.05) is 0 Å². The molecule has 0 fully saturated rings. The Labute approximate surface area is 117 Å². The van der Waals surface area contributed by atoms with Crippen LogP contribution in [0.15, 0.2) is 36.4 Å². The quantitative estimate of drug-likeness (QED) is 0.868. The highest BCUT2D eigenvalue weighted by molar-refractivity contribution is 5.81. The topological polar surface area (TPSA) is 47.6 Å². The van der Waals surface area contributed by atoms with E-state index in [0.29, 0.717) is 0 Å². The van der Waals surface area contributed by atoms with Crippen LogP contribution in [0.1, 0.15) is 17.2 Å². The van der Waals surface area contributed by atoms with E-state index in [-0.39, 0.29) is 6.04 Å². The van der Waals surface area contributed by atoms with E-state index < -0.39 is 0 Å². The van der Waals surface area contributed by atoms with Crippen LogP contribution in [0.5, 0.6) is 11.5 Å². The van der Waals surface area contributed by atoms with Crippen LogP contribution in [0, 0.1) is 0 Å². The van der Waals surface area contributed by atoms with Crippen molar-refractivity contribution >= 4 is 6.41 Å². The summed E-state index contributed by atoms with van der Waals surface area (Å²) in [6.07, 6.45) is 0.725. The molecule has 102 valence electrons. The number of hydrogen-bond acceptors (Lipinski definition) is 3. The molecule has 1 N–H and O–H groups in total. The second-order valence-corrected chi connectivity index (χ2v) is 4.62. The van der Waals surface area contributed by atoms with Gasteiger partial charge in [0.15, 0.2) is 0 Å². The van der Waals surface area contributed by atoms with Crippen LogP contribution >= 0.6 is 0 Å². The average molecular weight is 269 g/mol. The maximum absolute atomic E-state index is 10.9. The highest BCUT2D eigenvalue weighted by atomic mass is 16.5. The summed E-state index contributed by atoms with van der Waals surface area (Å²) in [4.78, 5) is 10.9. The molecule has 1 aliphatic rings. The van der Waals surface area contributed by atoms with Crippen molar-refractivity contribution in [1.29, 1.82) is 0 Å². The highest BCUT2D eigenvalue weighted by Crippen LogP contribution is 2.45. The summed E-state index contributed by atoms with van der Waals surface area (Å²) in [5, 5.41) is 2.87. The van der Waals surface area contributed by atoms with E-state index in [1.807, 2.05) is 36.4 Å². The smallest absolute Gasteiger partial charge is 0.207 e. The number of carbonyl (C=O) groups is 1. The van der Waals surface area contributed by atoms with Crippen LogP contribution in [-0.2, 0) is 4.79 Å². The molecule has 0 aromatic heterocycles. The van der Waals surface area contributed by atoms with Gasteiger partial charge in [-0.3, -0.25) is 4.79 Å². The van der Waals surface area contributed by atoms with Gasteiger partial charge in [-0.1, -0.05) is 12.1 Å². The van der Waals surface area contributed by atoms with Crippen molar-refractivity contribution in [2.24, 2.45) is 0 Å². The van der Waals surface area contributed by atoms with E-state index in [1.165, 1.54) is 0 Å². The molecule has 0 aliphatic heterocycles. The lowest BCUT2D eigenvalue weighted by Crippen LogP contribution is -2.18. The van der Waals surface area contributed by atoms with Crippen LogP contribution in [0.3, 0.4) is 0 Å². The Bertz CT molecular complexity index is 613. The normalized spacial score (nSPS) is 12.5. The predicted molar refractivity (Wildman–Crippen MR) is 76.0 cm³/mol. The van der Waals surface area contributed by atoms with Gasteiger partial charge in [0.1, 0.15) is 11.5 Å². The molecule has 1 aliphatic carbocycles. The third-order valence-electron chi connectivity index (χ3n) is 3.66. The third kappa shape index (κ3) is 1.81. The molecular formula is C16H15NO3. The molecule has 0 heterocycles. The Morgan fingerprint density at radius 3 is 1.85 bits per heavy atom. The number of hydrogen-bond donors (Lipinski definition) is 1. The lowest BCUT2D eigenvalue weighted by molar-refractivity contribution is -0.109. The van der Waals surface area contributed by atoms with Crippen molar-refractivity contribution in [2.45, 2.75) is 6.04 Å². The Morgan fingerprint density at radius 2 is 1.45 bits per heavy atom. The van der Waals surface area contributed by atoms with Crippen molar-refractivity contribution < 1.29 is 14.3 Å². The highest BCUT2D eigenvalue weighted by Gasteiger charge is 2.29. The van der Waals surface area contributed by atoms with E-state index in [2.05, 4.69) is 5.32 Å². The van der Waals surface area contributed by atoms with Crippen molar-refractivity contribution in [3.63, 3.8) is 0 Å². The number of methoxy groups -OCH3 is 2. The van der Waals surface area contributed by atoms with Gasteiger partial charge >= 0.3 is 0 Å². The molecule has 4 nitrogen and oxygen atoms in total. The molecule has 0 saturated heterocycles. The van der Waals surface area contributed by atoms with Crippen LogP contribution < -0.4 is 14.8 Å². The van der Waals surface area contributed by atoms with Gasteiger partial charge in [-0.2, -0.15) is 0 Å². The zero-order chi connectivity index (χ0) is 14.1. The molecule has 0 unspecified atom stereocenters. The first-order valence-electron chi connectivity index (χ1n) is 6.34. The molecule has 0 spiro atoms. The van der Waals surface area contributed by atoms with Gasteiger partial charge in [0.25, 0.3) is 0 Å². The Morgan fingerprint density at radius 1 is 0.950 bits per heavy atom. The number of amides is 1. The second kappa shape index (κ2) is 4.89. The minimum Gasteiger partial charge on any atom is -0.497 e. The zero-order valence-electron chi connectivity index (χ0n) is 11.3. The number of benzene rings is 2. The zero-order valence-corrected chi connectivity index (χ0v) is 11.3. The average Bonchev–Trinajstić information content (AvgIpc) is 2.80. The minimum atomic E-state index is -0.164. The van der Waals surface area contributed by atoms with Crippen molar-refractivity contribution in [3.8, 4) is 22.6 Å². The molecule has 2 aromatic carbocycles. The fourth-order valence-corrected chi connectivity index (χ4v) is 2.72. The molecule has 0 saturated carbocycles. The van der Waals surface area contributed by atoms with Gasteiger partial charge < -0.3 is 14.8 Å². The van der Waals surface area contributed by atoms with Crippen molar-refractivity contribution in [3.05, 3.63) is 47.5 Å². The molecule has 2 aromatic rings. The summed E-state index contributed by atoms with van der Waals surface area (Å²) >= 11 is 0. The fraction of sp³-hybridized carbons (Fsp3) is 0.188. The molecular weight excluding hydrogens is 254 g/mol. The summed E-state index contributed by atoms with van der Waals surface area (Å²) in [5.74, 6) is 1.56. The maximum atomic E-state index is 10.9. The number of carbonyl (C=O) groups excluding carboxylic acids is 1. The van der Waals surface area contributed by atoms with Gasteiger partial charge in [-0.25, -0.2) is 0 Å². The largest absolute Gasteiger partial charge is 0.497 e. The van der Waals surface area contributed by atoms with Crippen LogP contribution in [0.2, 0.25) is 0 Å². The molecule has 1 amide bonds. The number of rotatable bonds is 4. The Hall–Kier alpha value is -2.49. The predicted octanol–water partition coefficient (Wildman–Crippen LogP) is 2.52. The first-order valence-corrected chi connectivity index (χ1v) is 6.34. The second-order valence-electron chi connectivity index (χ2n) is 4.62. The Balaban J connectivity index is 2.18. The summed E-state index contributed by atoms with van der Waals surface area (Å²) in [6, 6.07) is 11.7. The van der Waals surface area contributed by atoms with Gasteiger partial charge in [0.05, 0.1) is 20.3 Å². The number of fused-ring (bicyclic) bond motifs is 3. The van der Waals surface area contributed by atoms with Crippen LogP contribution in [0.25, 0.3) is 11.1 Å². The molecule has 4 heteroatoms. The van der Waals surface area contributed by atoms with E-state index in [4.69, 9.17) is 9.47 Å². The molecule has 20 heavy (non-hydrogen) atoms. The van der Waals surface area contributed by atoms with Crippen LogP contribution in [-0.4, -0.2) is 20.6 Å². The summed E-state index contributed by atoms with van der Waals surface area (Å²) in [6.45, 7) is 0. The monoisotopic (exact) mass is 269 g/mol. The van der Waals surface area contributed by atoms with Crippen LogP contribution in [0.4, 0.5) is 0 Å². The SMILES string of the molecule is COc1ccc2c(c1)C(NC=O)c1cc(OC)ccc1-2. The number of ether oxygens (including phenoxy) is 2. The van der Waals surface area contributed by atoms with E-state index >= 15 is 0 Å². The molecule has 0 radical (unpaired) electrons. The summed E-state index contributed by atoms with van der Waals surface area (Å²) < 4.78 is 10.5. The lowest BCUT2D eigenvalue weighted by atomic mass is 10.1. The maximum Gasteiger partial charge on any atom is 0.207 e. The van der Waals surface area contributed by atoms with Gasteiger partial charge in [-0.15, -0.1) is 0 Å². The number of nitrogens with one attached hydrogen (secondary N) is 1. The van der Waals surface area contributed by atoms with E-state index in [0.717, 1.165) is 40.2 Å². The summed E-state index contributed by atoms with van der Waals surface area (Å²) in [7, 11) is 3.27. The first kappa shape index (κ1) is 12.5. The molecule has 0 bridgehead atoms. The van der Waals surface area contributed by atoms with Gasteiger partial charge in [-0.05, 0) is 46.5 Å². The fourth-order valence-electron chi connectivity index (χ4n) is 2.72. The standard InChI is InChI=1S/C16H15NO3/c1-19-10-3-5-12-13-6-4-11(20-2)8-15(13)16(17-9-18)14(12)7-10/h3-9,16H,1-2H3,(H,17,18). The minimum absolute atomic E-state index is 0.164. The summed E-state index contributed by atoms with van der Waals surface area (Å²) in [5.41, 5.74) is 4.31. The van der Waals surface area contributed by atoms with E-state index in [1.54, 1.807) is 14.2 Å². The third-order valence-corrected chi connectivity index (χ3v) is 3.66. The molecule has 3 rings (SSSR count). The Kier molecular flexibility index (Phi) is 3.06. The van der Waals surface area contributed by atoms with Crippen molar-refractivity contribution in [2.75, 3.05) is 14.2 Å². The lowest BCUT2D eigenvalue weighted by Gasteiger charge is -2.13. The van der Waals surface area contributed by atoms with E-state index in [9.17, 15) is 4.79 Å². The van der Waals surface area contributed by atoms with Gasteiger partial charge in [0.2, 0.25) is 6.41 Å². The first-order chi connectivity index (χ1) is 9.78. The molecule has 0 atom stereocenters.